The molecule has 0 spiro atoms. The van der Waals surface area contributed by atoms with E-state index in [0.29, 0.717) is 5.56 Å². The zero-order chi connectivity index (χ0) is 16.0. The zero-order valence-corrected chi connectivity index (χ0v) is 13.2. The van der Waals surface area contributed by atoms with Gasteiger partial charge in [0.25, 0.3) is 5.91 Å². The van der Waals surface area contributed by atoms with Gasteiger partial charge < -0.3 is 10.1 Å². The van der Waals surface area contributed by atoms with Crippen LogP contribution in [-0.2, 0) is 9.53 Å². The number of benzene rings is 1. The van der Waals surface area contributed by atoms with Crippen molar-refractivity contribution in [3.05, 3.63) is 47.0 Å². The first-order valence-corrected chi connectivity index (χ1v) is 7.06. The highest BCUT2D eigenvalue weighted by molar-refractivity contribution is 6.29. The summed E-state index contributed by atoms with van der Waals surface area (Å²) in [7, 11) is 0. The molecule has 0 aliphatic carbocycles. The second-order valence-electron chi connectivity index (χ2n) is 5.19. The third-order valence-electron chi connectivity index (χ3n) is 2.86. The molecule has 0 heterocycles. The van der Waals surface area contributed by atoms with E-state index in [1.165, 1.54) is 0 Å². The monoisotopic (exact) mass is 309 g/mol. The van der Waals surface area contributed by atoms with Gasteiger partial charge in [0.1, 0.15) is 12.6 Å². The Morgan fingerprint density at radius 3 is 2.57 bits per heavy atom. The Kier molecular flexibility index (Phi) is 6.43. The highest BCUT2D eigenvalue weighted by Crippen LogP contribution is 2.09. The van der Waals surface area contributed by atoms with Crippen LogP contribution in [0, 0.1) is 12.8 Å². The van der Waals surface area contributed by atoms with Crippen molar-refractivity contribution in [2.75, 3.05) is 6.61 Å². The molecule has 1 rings (SSSR count). The van der Waals surface area contributed by atoms with Gasteiger partial charge in [0.15, 0.2) is 0 Å². The molecule has 1 aromatic rings. The second kappa shape index (κ2) is 7.84. The predicted octanol–water partition coefficient (Wildman–Crippen LogP) is 3.05. The van der Waals surface area contributed by atoms with Crippen LogP contribution >= 0.6 is 11.6 Å². The van der Waals surface area contributed by atoms with Crippen LogP contribution in [0.2, 0.25) is 0 Å². The largest absolute Gasteiger partial charge is 0.458 e. The van der Waals surface area contributed by atoms with Crippen molar-refractivity contribution in [3.63, 3.8) is 0 Å². The number of hydrogen-bond acceptors (Lipinski definition) is 3. The average molecular weight is 310 g/mol. The number of rotatable bonds is 6. The SMILES string of the molecule is C=C(Cl)COC(=O)[C@@H](NC(=O)c1cccc(C)c1)C(C)C. The molecule has 0 bridgehead atoms. The van der Waals surface area contributed by atoms with Gasteiger partial charge in [0, 0.05) is 10.6 Å². The van der Waals surface area contributed by atoms with Crippen molar-refractivity contribution in [3.8, 4) is 0 Å². The summed E-state index contributed by atoms with van der Waals surface area (Å²) >= 11 is 5.57. The topological polar surface area (TPSA) is 55.4 Å². The smallest absolute Gasteiger partial charge is 0.329 e. The first kappa shape index (κ1) is 17.2. The lowest BCUT2D eigenvalue weighted by atomic mass is 10.0. The quantitative estimate of drug-likeness (QED) is 0.822. The van der Waals surface area contributed by atoms with Gasteiger partial charge >= 0.3 is 5.97 Å². The lowest BCUT2D eigenvalue weighted by Crippen LogP contribution is -2.45. The molecule has 0 saturated carbocycles. The molecule has 0 aliphatic rings. The molecule has 1 aromatic carbocycles. The van der Waals surface area contributed by atoms with E-state index >= 15 is 0 Å². The van der Waals surface area contributed by atoms with Gasteiger partial charge in [-0.25, -0.2) is 4.79 Å². The minimum atomic E-state index is -0.728. The van der Waals surface area contributed by atoms with Gasteiger partial charge in [-0.05, 0) is 25.0 Å². The van der Waals surface area contributed by atoms with Crippen molar-refractivity contribution in [2.24, 2.45) is 5.92 Å². The summed E-state index contributed by atoms with van der Waals surface area (Å²) in [5.74, 6) is -0.929. The van der Waals surface area contributed by atoms with Crippen molar-refractivity contribution < 1.29 is 14.3 Å². The van der Waals surface area contributed by atoms with Crippen molar-refractivity contribution in [2.45, 2.75) is 26.8 Å². The van der Waals surface area contributed by atoms with Gasteiger partial charge in [-0.2, -0.15) is 0 Å². The number of amides is 1. The summed E-state index contributed by atoms with van der Waals surface area (Å²) in [4.78, 5) is 24.2. The maximum atomic E-state index is 12.2. The van der Waals surface area contributed by atoms with E-state index < -0.39 is 12.0 Å². The van der Waals surface area contributed by atoms with Gasteiger partial charge in [0.2, 0.25) is 0 Å². The van der Waals surface area contributed by atoms with Crippen molar-refractivity contribution in [1.29, 1.82) is 0 Å². The number of esters is 1. The van der Waals surface area contributed by atoms with Crippen LogP contribution in [0.25, 0.3) is 0 Å². The van der Waals surface area contributed by atoms with E-state index in [9.17, 15) is 9.59 Å². The van der Waals surface area contributed by atoms with Crippen LogP contribution < -0.4 is 5.32 Å². The molecule has 0 aromatic heterocycles. The minimum absolute atomic E-state index is 0.0656. The van der Waals surface area contributed by atoms with Gasteiger partial charge in [0.05, 0.1) is 0 Å². The molecule has 1 N–H and O–H groups in total. The van der Waals surface area contributed by atoms with Crippen molar-refractivity contribution >= 4 is 23.5 Å². The van der Waals surface area contributed by atoms with Gasteiger partial charge in [-0.1, -0.05) is 49.7 Å². The lowest BCUT2D eigenvalue weighted by Gasteiger charge is -2.20. The Morgan fingerprint density at radius 2 is 2.05 bits per heavy atom. The number of carbonyl (C=O) groups excluding carboxylic acids is 2. The fourth-order valence-corrected chi connectivity index (χ4v) is 1.80. The zero-order valence-electron chi connectivity index (χ0n) is 12.5. The minimum Gasteiger partial charge on any atom is -0.458 e. The molecular weight excluding hydrogens is 290 g/mol. The third-order valence-corrected chi connectivity index (χ3v) is 2.97. The molecule has 0 saturated heterocycles. The molecule has 0 radical (unpaired) electrons. The fraction of sp³-hybridized carbons (Fsp3) is 0.375. The summed E-state index contributed by atoms with van der Waals surface area (Å²) in [5.41, 5.74) is 1.49. The summed E-state index contributed by atoms with van der Waals surface area (Å²) in [6.07, 6.45) is 0. The van der Waals surface area contributed by atoms with Gasteiger partial charge in [-0.15, -0.1) is 0 Å². The number of hydrogen-bond donors (Lipinski definition) is 1. The summed E-state index contributed by atoms with van der Waals surface area (Å²) < 4.78 is 5.00. The molecule has 1 amide bonds. The molecule has 0 aliphatic heterocycles. The predicted molar refractivity (Wildman–Crippen MR) is 83.2 cm³/mol. The maximum absolute atomic E-state index is 12.2. The van der Waals surface area contributed by atoms with Gasteiger partial charge in [-0.3, -0.25) is 4.79 Å². The Bertz CT molecular complexity index is 540. The van der Waals surface area contributed by atoms with E-state index in [0.717, 1.165) is 5.56 Å². The Morgan fingerprint density at radius 1 is 1.38 bits per heavy atom. The Balaban J connectivity index is 2.76. The van der Waals surface area contributed by atoms with E-state index in [1.807, 2.05) is 26.8 Å². The Hall–Kier alpha value is -1.81. The highest BCUT2D eigenvalue weighted by Gasteiger charge is 2.26. The van der Waals surface area contributed by atoms with Crippen LogP contribution in [-0.4, -0.2) is 24.5 Å². The molecular formula is C16H20ClNO3. The molecule has 5 heteroatoms. The van der Waals surface area contributed by atoms with Crippen LogP contribution in [0.1, 0.15) is 29.8 Å². The van der Waals surface area contributed by atoms with Crippen molar-refractivity contribution in [1.82, 2.24) is 5.32 Å². The Labute approximate surface area is 130 Å². The normalized spacial score (nSPS) is 11.9. The molecule has 1 atom stereocenters. The number of nitrogens with one attached hydrogen (secondary N) is 1. The third kappa shape index (κ3) is 5.60. The average Bonchev–Trinajstić information content (AvgIpc) is 2.41. The van der Waals surface area contributed by atoms with E-state index in [2.05, 4.69) is 11.9 Å². The van der Waals surface area contributed by atoms with Crippen LogP contribution in [0.3, 0.4) is 0 Å². The van der Waals surface area contributed by atoms with E-state index in [-0.39, 0.29) is 23.5 Å². The fourth-order valence-electron chi connectivity index (χ4n) is 1.75. The molecule has 0 fully saturated rings. The summed E-state index contributed by atoms with van der Waals surface area (Å²) in [6.45, 7) is 8.95. The molecule has 0 unspecified atom stereocenters. The molecule has 4 nitrogen and oxygen atoms in total. The number of aryl methyl sites for hydroxylation is 1. The number of carbonyl (C=O) groups is 2. The molecule has 114 valence electrons. The van der Waals surface area contributed by atoms with Crippen LogP contribution in [0.15, 0.2) is 35.9 Å². The second-order valence-corrected chi connectivity index (χ2v) is 5.72. The first-order valence-electron chi connectivity index (χ1n) is 6.68. The number of halogens is 1. The highest BCUT2D eigenvalue weighted by atomic mass is 35.5. The standard InChI is InChI=1S/C16H20ClNO3/c1-10(2)14(16(20)21-9-12(4)17)18-15(19)13-7-5-6-11(3)8-13/h5-8,10,14H,4,9H2,1-3H3,(H,18,19)/t14-/m0/s1. The first-order chi connectivity index (χ1) is 9.81. The maximum Gasteiger partial charge on any atom is 0.329 e. The lowest BCUT2D eigenvalue weighted by molar-refractivity contribution is -0.145. The van der Waals surface area contributed by atoms with E-state index in [1.54, 1.807) is 18.2 Å². The summed E-state index contributed by atoms with van der Waals surface area (Å²) in [5, 5.41) is 2.93. The van der Waals surface area contributed by atoms with Crippen LogP contribution in [0.5, 0.6) is 0 Å². The van der Waals surface area contributed by atoms with E-state index in [4.69, 9.17) is 16.3 Å². The number of ether oxygens (including phenoxy) is 1. The molecule has 21 heavy (non-hydrogen) atoms. The van der Waals surface area contributed by atoms with Crippen LogP contribution in [0.4, 0.5) is 0 Å². The summed E-state index contributed by atoms with van der Waals surface area (Å²) in [6, 6.07) is 6.43.